The van der Waals surface area contributed by atoms with E-state index >= 15 is 0 Å². The third-order valence-corrected chi connectivity index (χ3v) is 4.98. The Morgan fingerprint density at radius 2 is 0.878 bits per heavy atom. The number of hydrogen-bond donors (Lipinski definition) is 2. The van der Waals surface area contributed by atoms with E-state index in [1.807, 2.05) is 0 Å². The van der Waals surface area contributed by atoms with Crippen LogP contribution in [0.1, 0.15) is 12.8 Å². The fourth-order valence-corrected chi connectivity index (χ4v) is 2.20. The van der Waals surface area contributed by atoms with E-state index in [1.54, 1.807) is 0 Å². The Morgan fingerprint density at radius 1 is 0.610 bits per heavy atom. The number of hydrogen-bond acceptors (Lipinski definition) is 7. The molecule has 0 heterocycles. The minimum Gasteiger partial charge on any atom is -0.550 e. The maximum atomic E-state index is 13.1. The van der Waals surface area contributed by atoms with Crippen LogP contribution >= 0.6 is 0 Å². The molecule has 0 spiro atoms. The first-order valence-corrected chi connectivity index (χ1v) is 9.98. The van der Waals surface area contributed by atoms with Gasteiger partial charge < -0.3 is 25.5 Å². The van der Waals surface area contributed by atoms with E-state index in [0.29, 0.717) is 0 Å². The van der Waals surface area contributed by atoms with Crippen molar-refractivity contribution in [1.82, 2.24) is 0 Å². The van der Waals surface area contributed by atoms with Gasteiger partial charge in [-0.1, -0.05) is 0 Å². The molecule has 0 aromatic carbocycles. The molecule has 0 unspecified atom stereocenters. The van der Waals surface area contributed by atoms with Gasteiger partial charge in [-0.2, -0.15) is 74.6 Å². The Labute approximate surface area is 300 Å². The number of primary sulfonamides is 1. The molecule has 234 valence electrons. The molecule has 0 aliphatic heterocycles. The van der Waals surface area contributed by atoms with Crippen molar-refractivity contribution in [3.05, 3.63) is 0 Å². The fourth-order valence-electron chi connectivity index (χ4n) is 1.72. The van der Waals surface area contributed by atoms with Crippen LogP contribution in [0.5, 0.6) is 0 Å². The van der Waals surface area contributed by atoms with Gasteiger partial charge in [-0.3, -0.25) is 0 Å². The average molecular weight is 722 g/mol. The third kappa shape index (κ3) is 9.22. The maximum Gasteiger partial charge on any atom is 1.00 e. The predicted octanol–water partition coefficient (Wildman–Crippen LogP) is -5.16. The smallest absolute Gasteiger partial charge is 0.550 e. The number of carbonyl (C=O) groups is 2. The van der Waals surface area contributed by atoms with E-state index < -0.39 is 75.0 Å². The third-order valence-electron chi connectivity index (χ3n) is 4.01. The molecule has 1 atom stereocenters. The molecule has 0 bridgehead atoms. The molecule has 0 aliphatic carbocycles. The van der Waals surface area contributed by atoms with Gasteiger partial charge >= 0.3 is 150 Å². The van der Waals surface area contributed by atoms with Crippen LogP contribution in [0.3, 0.4) is 0 Å². The van der Waals surface area contributed by atoms with Crippen molar-refractivity contribution in [2.75, 3.05) is 0 Å². The topological polar surface area (TPSA) is 166 Å². The number of rotatable bonds is 11. The van der Waals surface area contributed by atoms with Crippen molar-refractivity contribution in [1.29, 1.82) is 0 Å². The number of nitrogens with two attached hydrogens (primary N) is 2. The van der Waals surface area contributed by atoms with Gasteiger partial charge in [-0.05, 0) is 12.8 Å². The summed E-state index contributed by atoms with van der Waals surface area (Å²) in [6.45, 7) is 0. The molecular formula is C13H9F17K2N2O6S. The molecule has 0 aromatic heterocycles. The summed E-state index contributed by atoms with van der Waals surface area (Å²) in [5.41, 5.74) is 4.91. The zero-order valence-corrected chi connectivity index (χ0v) is 26.5. The molecule has 0 aromatic rings. The monoisotopic (exact) mass is 722 g/mol. The van der Waals surface area contributed by atoms with E-state index in [0.717, 1.165) is 0 Å². The molecule has 0 amide bonds. The Bertz CT molecular complexity index is 1020. The van der Waals surface area contributed by atoms with E-state index in [4.69, 9.17) is 5.73 Å². The number of aliphatic carboxylic acids is 2. The quantitative estimate of drug-likeness (QED) is 0.159. The summed E-state index contributed by atoms with van der Waals surface area (Å²) >= 11 is 0. The summed E-state index contributed by atoms with van der Waals surface area (Å²) in [5, 5.41) is 15.3. The number of carbonyl (C=O) groups excluding carboxylic acids is 2. The number of sulfonamides is 1. The second kappa shape index (κ2) is 15.0. The van der Waals surface area contributed by atoms with Crippen LogP contribution in [0, 0.1) is 0 Å². The molecule has 28 heteroatoms. The number of carboxylic acid groups (broad SMARTS) is 2. The van der Waals surface area contributed by atoms with E-state index in [-0.39, 0.29) is 116 Å². The standard InChI is InChI=1S/C8H2F17NO2S.C5H9NO4.2K/c9-1(10,3(13,14)5(17,18)7(21,22)23)2(11,12)4(15,16)6(19,20)8(24,25)29(26,27)28;6-3(5(9)10)1-2-4(7)8;;/h(H2,26,27,28);3H,1-2,6H2,(H,7,8)(H,9,10);;/q;;2*+1/p-2/t;3-;;/m.0../s1. The molecule has 0 radical (unpaired) electrons. The molecule has 0 fully saturated rings. The molecule has 4 N–H and O–H groups in total. The summed E-state index contributed by atoms with van der Waals surface area (Å²) in [7, 11) is -7.39. The normalized spacial score (nSPS) is 15.0. The SMILES string of the molecule is NS(=O)(=O)C(F)(F)C(F)(F)C(F)(F)C(F)(F)C(F)(F)C(F)(F)C(F)(F)C(F)(F)F.N[C@@H](CCC(=O)[O-])C(=O)[O-].[K+].[K+]. The molecule has 0 rings (SSSR count). The largest absolute Gasteiger partial charge is 1.00 e. The van der Waals surface area contributed by atoms with Crippen LogP contribution in [0.25, 0.3) is 0 Å². The summed E-state index contributed by atoms with van der Waals surface area (Å²) < 4.78 is 236. The first-order chi connectivity index (χ1) is 16.5. The molecule has 41 heavy (non-hydrogen) atoms. The summed E-state index contributed by atoms with van der Waals surface area (Å²) in [4.78, 5) is 19.6. The molecule has 8 nitrogen and oxygen atoms in total. The minimum atomic E-state index is -8.84. The van der Waals surface area contributed by atoms with Gasteiger partial charge in [0.1, 0.15) is 0 Å². The summed E-state index contributed by atoms with van der Waals surface area (Å²) in [6.07, 6.45) is -8.36. The fraction of sp³-hybridized carbons (Fsp3) is 0.846. The molecule has 0 saturated carbocycles. The van der Waals surface area contributed by atoms with Gasteiger partial charge in [0.05, 0.1) is 5.97 Å². The molecular weight excluding hydrogens is 713 g/mol. The van der Waals surface area contributed by atoms with Gasteiger partial charge in [0.25, 0.3) is 10.0 Å². The average Bonchev–Trinajstić information content (AvgIpc) is 2.69. The Hall–Kier alpha value is 0.893. The Balaban J connectivity index is -0.000000485. The first kappa shape index (κ1) is 48.8. The number of halogens is 17. The van der Waals surface area contributed by atoms with Gasteiger partial charge in [0.2, 0.25) is 0 Å². The number of carboxylic acids is 2. The predicted molar refractivity (Wildman–Crippen MR) is 81.0 cm³/mol. The van der Waals surface area contributed by atoms with Crippen molar-refractivity contribution >= 4 is 22.0 Å². The van der Waals surface area contributed by atoms with Crippen LogP contribution in [-0.2, 0) is 19.6 Å². The van der Waals surface area contributed by atoms with E-state index in [9.17, 15) is 103 Å². The zero-order chi connectivity index (χ0) is 32.6. The van der Waals surface area contributed by atoms with Crippen LogP contribution in [0.15, 0.2) is 0 Å². The molecule has 0 saturated heterocycles. The van der Waals surface area contributed by atoms with Crippen molar-refractivity contribution in [2.45, 2.75) is 65.8 Å². The second-order valence-electron chi connectivity index (χ2n) is 6.84. The Kier molecular flexibility index (Phi) is 17.8. The molecule has 0 aliphatic rings. The van der Waals surface area contributed by atoms with Crippen molar-refractivity contribution in [2.24, 2.45) is 10.9 Å². The summed E-state index contributed by atoms with van der Waals surface area (Å²) in [5.74, 6) is -54.4. The van der Waals surface area contributed by atoms with Crippen molar-refractivity contribution < 1.29 is 206 Å². The van der Waals surface area contributed by atoms with Crippen LogP contribution in [0.2, 0.25) is 0 Å². The maximum absolute atomic E-state index is 13.1. The van der Waals surface area contributed by atoms with E-state index in [1.165, 1.54) is 0 Å². The minimum absolute atomic E-state index is 0. The van der Waals surface area contributed by atoms with E-state index in [2.05, 4.69) is 5.14 Å². The van der Waals surface area contributed by atoms with Gasteiger partial charge in [0, 0.05) is 12.0 Å². The number of alkyl halides is 17. The van der Waals surface area contributed by atoms with Crippen molar-refractivity contribution in [3.8, 4) is 0 Å². The second-order valence-corrected chi connectivity index (χ2v) is 8.44. The van der Waals surface area contributed by atoms with Crippen molar-refractivity contribution in [3.63, 3.8) is 0 Å². The van der Waals surface area contributed by atoms with Gasteiger partial charge in [-0.15, -0.1) is 0 Å². The summed E-state index contributed by atoms with van der Waals surface area (Å²) in [6, 6.07) is -1.21. The van der Waals surface area contributed by atoms with Crippen LogP contribution < -0.4 is 124 Å². The van der Waals surface area contributed by atoms with Crippen LogP contribution in [0.4, 0.5) is 74.6 Å². The van der Waals surface area contributed by atoms with Crippen LogP contribution in [-0.4, -0.2) is 73.4 Å². The Morgan fingerprint density at radius 3 is 1.10 bits per heavy atom. The zero-order valence-electron chi connectivity index (χ0n) is 19.4. The van der Waals surface area contributed by atoms with Gasteiger partial charge in [0.15, 0.2) is 0 Å². The first-order valence-electron chi connectivity index (χ1n) is 8.44. The van der Waals surface area contributed by atoms with Gasteiger partial charge in [-0.25, -0.2) is 13.6 Å².